The second kappa shape index (κ2) is 25.6. The van der Waals surface area contributed by atoms with Crippen LogP contribution in [0.1, 0.15) is 112 Å². The molecule has 6 N–H and O–H groups in total. The second-order valence-corrected chi connectivity index (χ2v) is 21.4. The normalized spacial score (nSPS) is 18.7. The highest BCUT2D eigenvalue weighted by Gasteiger charge is 2.45. The maximum Gasteiger partial charge on any atom is 0.254 e. The van der Waals surface area contributed by atoms with Crippen molar-refractivity contribution in [2.45, 2.75) is 123 Å². The second-order valence-electron chi connectivity index (χ2n) is 21.4. The number of aromatic nitrogens is 3. The van der Waals surface area contributed by atoms with Crippen LogP contribution in [0.25, 0.3) is 11.1 Å². The number of fused-ring (bicyclic) bond motifs is 8. The van der Waals surface area contributed by atoms with Crippen LogP contribution in [0.2, 0.25) is 0 Å². The van der Waals surface area contributed by atoms with Gasteiger partial charge in [0.05, 0.1) is 75.4 Å². The number of rotatable bonds is 21. The molecule has 0 unspecified atom stereocenters. The molecule has 3 aliphatic rings. The van der Waals surface area contributed by atoms with E-state index in [2.05, 4.69) is 31.2 Å². The highest BCUT2D eigenvalue weighted by atomic mass is 19.1. The fourth-order valence-electron chi connectivity index (χ4n) is 10.5. The van der Waals surface area contributed by atoms with Crippen LogP contribution in [0.5, 0.6) is 0 Å². The van der Waals surface area contributed by atoms with Gasteiger partial charge in [0.25, 0.3) is 5.91 Å². The van der Waals surface area contributed by atoms with E-state index in [1.54, 1.807) is 55.0 Å². The topological polar surface area (TPSA) is 222 Å². The van der Waals surface area contributed by atoms with Crippen molar-refractivity contribution in [2.75, 3.05) is 84.4 Å². The molecule has 7 rings (SSSR count). The highest BCUT2D eigenvalue weighted by Crippen LogP contribution is 2.42. The first kappa shape index (κ1) is 57.2. The molecule has 19 nitrogen and oxygen atoms in total. The molecule has 2 aromatic heterocycles. The van der Waals surface area contributed by atoms with Crippen molar-refractivity contribution < 1.29 is 37.8 Å². The van der Waals surface area contributed by atoms with Crippen molar-refractivity contribution >= 4 is 41.0 Å². The van der Waals surface area contributed by atoms with Crippen LogP contribution in [0, 0.1) is 18.2 Å². The Balaban J connectivity index is 0.885. The van der Waals surface area contributed by atoms with Crippen LogP contribution in [0.4, 0.5) is 15.9 Å². The Bertz CT molecular complexity index is 2680. The molecular formula is C56H79FN12O7. The zero-order chi connectivity index (χ0) is 54.8. The summed E-state index contributed by atoms with van der Waals surface area (Å²) >= 11 is 0. The van der Waals surface area contributed by atoms with E-state index in [0.29, 0.717) is 74.9 Å². The maximum absolute atomic E-state index is 14.8. The van der Waals surface area contributed by atoms with Crippen LogP contribution in [0.3, 0.4) is 0 Å². The first-order chi connectivity index (χ1) is 36.3. The van der Waals surface area contributed by atoms with Crippen molar-refractivity contribution in [1.29, 1.82) is 0 Å². The van der Waals surface area contributed by atoms with Gasteiger partial charge in [-0.05, 0) is 87.4 Å². The molecule has 20 heteroatoms. The molecule has 2 fully saturated rings. The summed E-state index contributed by atoms with van der Waals surface area (Å²) in [5.74, 6) is -1.23. The molecule has 0 aliphatic carbocycles. The third kappa shape index (κ3) is 13.5. The lowest BCUT2D eigenvalue weighted by Crippen LogP contribution is -2.59. The number of halogens is 1. The smallest absolute Gasteiger partial charge is 0.254 e. The monoisotopic (exact) mass is 1050 g/mol. The van der Waals surface area contributed by atoms with Crippen LogP contribution in [-0.4, -0.2) is 157 Å². The van der Waals surface area contributed by atoms with Gasteiger partial charge < -0.3 is 56.1 Å². The molecule has 0 saturated carbocycles. The third-order valence-corrected chi connectivity index (χ3v) is 15.0. The summed E-state index contributed by atoms with van der Waals surface area (Å²) in [5, 5.41) is 17.5. The number of ether oxygens (including phenoxy) is 2. The number of amides is 5. The highest BCUT2D eigenvalue weighted by molar-refractivity contribution is 5.96. The molecule has 2 bridgehead atoms. The number of carbonyl (C=O) groups is 5. The summed E-state index contributed by atoms with van der Waals surface area (Å²) in [6.07, 6.45) is 4.54. The minimum atomic E-state index is -0.864. The molecule has 3 aliphatic heterocycles. The van der Waals surface area contributed by atoms with Gasteiger partial charge >= 0.3 is 0 Å². The number of likely N-dealkylation sites (N-methyl/N-ethyl adjacent to an activating group) is 2. The summed E-state index contributed by atoms with van der Waals surface area (Å²) in [6, 6.07) is 13.3. The first-order valence-electron chi connectivity index (χ1n) is 26.7. The molecule has 412 valence electrons. The minimum Gasteiger partial charge on any atom is -0.382 e. The number of hydrogen-bond donors (Lipinski definition) is 5. The predicted molar refractivity (Wildman–Crippen MR) is 289 cm³/mol. The van der Waals surface area contributed by atoms with Crippen molar-refractivity contribution in [1.82, 2.24) is 50.7 Å². The standard InChI is InChI=1S/C56H79FN12O7/c1-10-43(37-15-12-11-13-16-37)62-53(72)47-31-40(33-68(47)55(74)50(56(4,5)6)63-52(71)35(2)59-7)60-21-26-76-28-27-75-25-20-48(70)65(8)23-24-69-36(3)49-38-29-46(51(58)61-32-38)67-22-14-17-45(67)42-30-39(57)18-19-41(42)54(73)66(9)34-44(49)64-69/h11-13,15-16,18-19,29-30,32,35,40,43,45,47,50,59-60H,10,14,17,20-28,31,33-34H2,1-9H3,(H2,58,61)(H,62,72)(H,63,71)/t35-,40-,43+,45-,47-,50+/m1/s1. The van der Waals surface area contributed by atoms with E-state index in [-0.39, 0.29) is 80.4 Å². The number of nitrogens with two attached hydrogens (primary N) is 1. The van der Waals surface area contributed by atoms with Crippen molar-refractivity contribution in [3.05, 3.63) is 94.7 Å². The number of carbonyl (C=O) groups excluding carboxylic acids is 5. The summed E-state index contributed by atoms with van der Waals surface area (Å²) < 4.78 is 28.3. The van der Waals surface area contributed by atoms with E-state index in [9.17, 15) is 28.4 Å². The Morgan fingerprint density at radius 2 is 1.75 bits per heavy atom. The quantitative estimate of drug-likeness (QED) is 0.0713. The molecule has 0 radical (unpaired) electrons. The van der Waals surface area contributed by atoms with Gasteiger partial charge in [0.1, 0.15) is 23.7 Å². The minimum absolute atomic E-state index is 0.0909. The number of nitrogens with one attached hydrogen (secondary N) is 4. The van der Waals surface area contributed by atoms with Gasteiger partial charge in [0.2, 0.25) is 23.6 Å². The van der Waals surface area contributed by atoms with Gasteiger partial charge in [0, 0.05) is 74.9 Å². The summed E-state index contributed by atoms with van der Waals surface area (Å²) in [6.45, 7) is 14.9. The van der Waals surface area contributed by atoms with Crippen molar-refractivity contribution in [2.24, 2.45) is 5.41 Å². The summed E-state index contributed by atoms with van der Waals surface area (Å²) in [7, 11) is 5.16. The molecule has 76 heavy (non-hydrogen) atoms. The van der Waals surface area contributed by atoms with E-state index in [1.807, 2.05) is 75.7 Å². The Morgan fingerprint density at radius 1 is 1.01 bits per heavy atom. The lowest BCUT2D eigenvalue weighted by atomic mass is 9.85. The van der Waals surface area contributed by atoms with Crippen molar-refractivity contribution in [3.8, 4) is 11.1 Å². The summed E-state index contributed by atoms with van der Waals surface area (Å²) in [4.78, 5) is 80.4. The van der Waals surface area contributed by atoms with Gasteiger partial charge in [-0.15, -0.1) is 0 Å². The number of benzene rings is 2. The lowest BCUT2D eigenvalue weighted by molar-refractivity contribution is -0.144. The number of hydrogen-bond acceptors (Lipinski definition) is 13. The van der Waals surface area contributed by atoms with Crippen LogP contribution >= 0.6 is 0 Å². The number of likely N-dealkylation sites (tertiary alicyclic amines) is 1. The van der Waals surface area contributed by atoms with E-state index in [0.717, 1.165) is 40.9 Å². The Labute approximate surface area is 446 Å². The molecule has 5 amide bonds. The first-order valence-corrected chi connectivity index (χ1v) is 26.7. The molecule has 6 atom stereocenters. The van der Waals surface area contributed by atoms with Crippen LogP contribution in [-0.2, 0) is 41.7 Å². The number of pyridine rings is 1. The van der Waals surface area contributed by atoms with E-state index in [4.69, 9.17) is 20.3 Å². The SMILES string of the molecule is CC[C@H](NC(=O)[C@H]1C[C@@H](NCCOCCOCCC(=O)N(C)CCn2nc3c(c2C)-c2cnc(N)c(c2)N2CCC[C@@H]2c2cc(F)ccc2C(=O)N(C)C3)CN1C(=O)[C@H](NC(=O)[C@@H](C)NC)C(C)(C)C)c1ccccc1. The zero-order valence-electron chi connectivity index (χ0n) is 45.8. The van der Waals surface area contributed by atoms with Gasteiger partial charge in [-0.1, -0.05) is 58.0 Å². The van der Waals surface area contributed by atoms with E-state index >= 15 is 0 Å². The Morgan fingerprint density at radius 3 is 2.46 bits per heavy atom. The van der Waals surface area contributed by atoms with Gasteiger partial charge in [-0.2, -0.15) is 5.10 Å². The molecule has 5 heterocycles. The Hall–Kier alpha value is -6.48. The molecule has 2 saturated heterocycles. The fraction of sp³-hybridized carbons (Fsp3) is 0.554. The van der Waals surface area contributed by atoms with Crippen molar-refractivity contribution in [3.63, 3.8) is 0 Å². The van der Waals surface area contributed by atoms with Crippen LogP contribution < -0.4 is 31.9 Å². The van der Waals surface area contributed by atoms with Gasteiger partial charge in [0.15, 0.2) is 0 Å². The van der Waals surface area contributed by atoms with Gasteiger partial charge in [-0.3, -0.25) is 28.7 Å². The van der Waals surface area contributed by atoms with E-state index < -0.39 is 29.4 Å². The third-order valence-electron chi connectivity index (χ3n) is 15.0. The number of nitrogens with zero attached hydrogens (tertiary/aromatic N) is 7. The average molecular weight is 1050 g/mol. The maximum atomic E-state index is 14.8. The Kier molecular flexibility index (Phi) is 19.3. The average Bonchev–Trinajstić information content (AvgIpc) is 4.16. The number of nitrogen functional groups attached to an aromatic ring is 1. The van der Waals surface area contributed by atoms with Gasteiger partial charge in [-0.25, -0.2) is 9.37 Å². The molecule has 0 spiro atoms. The largest absolute Gasteiger partial charge is 0.382 e. The van der Waals surface area contributed by atoms with Crippen LogP contribution in [0.15, 0.2) is 60.8 Å². The molecular weight excluding hydrogens is 972 g/mol. The predicted octanol–water partition coefficient (Wildman–Crippen LogP) is 4.75. The lowest BCUT2D eigenvalue weighted by Gasteiger charge is -2.36. The number of anilines is 2. The molecule has 2 aromatic carbocycles. The zero-order valence-corrected chi connectivity index (χ0v) is 45.8. The summed E-state index contributed by atoms with van der Waals surface area (Å²) in [5.41, 5.74) is 11.8. The molecule has 4 aromatic rings. The fourth-order valence-corrected chi connectivity index (χ4v) is 10.5. The van der Waals surface area contributed by atoms with E-state index in [1.165, 1.54) is 12.1 Å².